The van der Waals surface area contributed by atoms with Gasteiger partial charge in [-0.3, -0.25) is 14.3 Å². The predicted octanol–water partition coefficient (Wildman–Crippen LogP) is 2.30. The van der Waals surface area contributed by atoms with Gasteiger partial charge in [-0.05, 0) is 38.5 Å². The van der Waals surface area contributed by atoms with Crippen LogP contribution in [-0.4, -0.2) is 16.7 Å². The van der Waals surface area contributed by atoms with E-state index in [2.05, 4.69) is 10.3 Å². The molecule has 0 aliphatic carbocycles. The Morgan fingerprint density at radius 1 is 1.14 bits per heavy atom. The van der Waals surface area contributed by atoms with Gasteiger partial charge >= 0.3 is 5.69 Å². The lowest BCUT2D eigenvalue weighted by atomic mass is 10.1. The van der Waals surface area contributed by atoms with Crippen molar-refractivity contribution < 1.29 is 4.74 Å². The maximum Gasteiger partial charge on any atom is 0.330 e. The number of rotatable bonds is 5. The van der Waals surface area contributed by atoms with Crippen molar-refractivity contribution in [1.29, 1.82) is 0 Å². The van der Waals surface area contributed by atoms with E-state index in [4.69, 9.17) is 4.74 Å². The van der Waals surface area contributed by atoms with Crippen molar-refractivity contribution in [2.45, 2.75) is 32.9 Å². The van der Waals surface area contributed by atoms with Crippen LogP contribution in [0.15, 0.2) is 39.9 Å². The molecule has 0 radical (unpaired) electrons. The molecule has 2 rings (SSSR count). The molecule has 0 spiro atoms. The summed E-state index contributed by atoms with van der Waals surface area (Å²) in [6.07, 6.45) is 0. The number of aromatic amines is 1. The Labute approximate surface area is 128 Å². The summed E-state index contributed by atoms with van der Waals surface area (Å²) in [6, 6.07) is 8.77. The van der Waals surface area contributed by atoms with E-state index >= 15 is 0 Å². The molecule has 2 N–H and O–H groups in total. The minimum atomic E-state index is -0.410. The first kappa shape index (κ1) is 15.9. The zero-order valence-corrected chi connectivity index (χ0v) is 13.2. The molecule has 0 aliphatic heterocycles. The van der Waals surface area contributed by atoms with Crippen LogP contribution in [0.4, 0.5) is 5.82 Å². The molecule has 6 nitrogen and oxygen atoms in total. The number of aromatic nitrogens is 2. The smallest absolute Gasteiger partial charge is 0.330 e. The molecule has 22 heavy (non-hydrogen) atoms. The van der Waals surface area contributed by atoms with Gasteiger partial charge in [0.05, 0.1) is 7.11 Å². The number of hydrogen-bond donors (Lipinski definition) is 2. The van der Waals surface area contributed by atoms with Gasteiger partial charge in [-0.15, -0.1) is 0 Å². The fourth-order valence-corrected chi connectivity index (χ4v) is 2.28. The Kier molecular flexibility index (Phi) is 4.70. The Balaban J connectivity index is 2.23. The second-order valence-corrected chi connectivity index (χ2v) is 5.43. The third kappa shape index (κ3) is 3.39. The van der Waals surface area contributed by atoms with E-state index in [0.717, 1.165) is 11.3 Å². The van der Waals surface area contributed by atoms with Gasteiger partial charge in [-0.1, -0.05) is 12.1 Å². The summed E-state index contributed by atoms with van der Waals surface area (Å²) in [5.41, 5.74) is 0.296. The normalized spacial score (nSPS) is 12.2. The van der Waals surface area contributed by atoms with Crippen molar-refractivity contribution in [2.24, 2.45) is 0 Å². The number of methoxy groups -OCH3 is 1. The van der Waals surface area contributed by atoms with Gasteiger partial charge in [-0.25, -0.2) is 4.79 Å². The van der Waals surface area contributed by atoms with Gasteiger partial charge in [0.15, 0.2) is 0 Å². The Hall–Kier alpha value is -2.50. The molecule has 0 fully saturated rings. The molecular formula is C16H21N3O3. The first-order chi connectivity index (χ1) is 10.4. The van der Waals surface area contributed by atoms with Crippen LogP contribution in [-0.2, 0) is 0 Å². The van der Waals surface area contributed by atoms with E-state index in [1.54, 1.807) is 21.0 Å². The lowest BCUT2D eigenvalue weighted by molar-refractivity contribution is 0.414. The van der Waals surface area contributed by atoms with E-state index in [1.807, 2.05) is 31.2 Å². The zero-order valence-electron chi connectivity index (χ0n) is 13.2. The number of benzene rings is 1. The topological polar surface area (TPSA) is 76.1 Å². The first-order valence-electron chi connectivity index (χ1n) is 7.18. The number of hydrogen-bond acceptors (Lipinski definition) is 4. The van der Waals surface area contributed by atoms with Gasteiger partial charge in [-0.2, -0.15) is 0 Å². The maximum atomic E-state index is 12.0. The molecule has 1 heterocycles. The average Bonchev–Trinajstić information content (AvgIpc) is 2.46. The van der Waals surface area contributed by atoms with Crippen molar-refractivity contribution in [3.63, 3.8) is 0 Å². The Bertz CT molecular complexity index is 713. The first-order valence-corrected chi connectivity index (χ1v) is 7.18. The molecule has 0 bridgehead atoms. The minimum Gasteiger partial charge on any atom is -0.497 e. The van der Waals surface area contributed by atoms with Crippen LogP contribution in [0.1, 0.15) is 38.4 Å². The van der Waals surface area contributed by atoms with Crippen LogP contribution in [0.3, 0.4) is 0 Å². The molecule has 118 valence electrons. The molecule has 1 atom stereocenters. The third-order valence-electron chi connectivity index (χ3n) is 3.47. The van der Waals surface area contributed by atoms with Gasteiger partial charge in [0, 0.05) is 18.2 Å². The monoisotopic (exact) mass is 303 g/mol. The third-order valence-corrected chi connectivity index (χ3v) is 3.47. The molecular weight excluding hydrogens is 282 g/mol. The number of nitrogens with zero attached hydrogens (tertiary/aromatic N) is 1. The lowest BCUT2D eigenvalue weighted by Crippen LogP contribution is -2.36. The summed E-state index contributed by atoms with van der Waals surface area (Å²) in [7, 11) is 1.62. The molecule has 1 unspecified atom stereocenters. The van der Waals surface area contributed by atoms with E-state index in [9.17, 15) is 9.59 Å². The summed E-state index contributed by atoms with van der Waals surface area (Å²) in [4.78, 5) is 26.6. The molecule has 0 saturated heterocycles. The predicted molar refractivity (Wildman–Crippen MR) is 86.7 cm³/mol. The van der Waals surface area contributed by atoms with Crippen molar-refractivity contribution in [1.82, 2.24) is 9.55 Å². The molecule has 6 heteroatoms. The number of ether oxygens (including phenoxy) is 1. The van der Waals surface area contributed by atoms with E-state index < -0.39 is 5.69 Å². The van der Waals surface area contributed by atoms with Crippen LogP contribution in [0.2, 0.25) is 0 Å². The van der Waals surface area contributed by atoms with Crippen LogP contribution >= 0.6 is 0 Å². The van der Waals surface area contributed by atoms with Crippen molar-refractivity contribution >= 4 is 5.82 Å². The molecule has 1 aromatic carbocycles. The van der Waals surface area contributed by atoms with Gasteiger partial charge in [0.1, 0.15) is 11.6 Å². The summed E-state index contributed by atoms with van der Waals surface area (Å²) in [5, 5.41) is 3.13. The summed E-state index contributed by atoms with van der Waals surface area (Å²) >= 11 is 0. The minimum absolute atomic E-state index is 0.0594. The Morgan fingerprint density at radius 3 is 2.27 bits per heavy atom. The van der Waals surface area contributed by atoms with E-state index in [1.165, 1.54) is 10.6 Å². The molecule has 2 aromatic rings. The number of H-pyrrole nitrogens is 1. The van der Waals surface area contributed by atoms with Crippen LogP contribution in [0.25, 0.3) is 0 Å². The summed E-state index contributed by atoms with van der Waals surface area (Å²) < 4.78 is 6.31. The standard InChI is InChI=1S/C16H21N3O3/c1-10(2)19-15(20)9-14(18-16(19)21)17-11(3)12-5-7-13(22-4)8-6-12/h5-11,17H,1-4H3,(H,18,21). The quantitative estimate of drug-likeness (QED) is 0.888. The highest BCUT2D eigenvalue weighted by Gasteiger charge is 2.10. The molecule has 1 aromatic heterocycles. The van der Waals surface area contributed by atoms with Gasteiger partial charge < -0.3 is 10.1 Å². The highest BCUT2D eigenvalue weighted by atomic mass is 16.5. The van der Waals surface area contributed by atoms with E-state index in [-0.39, 0.29) is 17.6 Å². The SMILES string of the molecule is COc1ccc(C(C)Nc2cc(=O)n(C(C)C)c(=O)[nH]2)cc1. The number of anilines is 1. The molecule has 0 amide bonds. The van der Waals surface area contributed by atoms with Crippen molar-refractivity contribution in [3.05, 3.63) is 56.7 Å². The maximum absolute atomic E-state index is 12.0. The fourth-order valence-electron chi connectivity index (χ4n) is 2.28. The summed E-state index contributed by atoms with van der Waals surface area (Å²) in [6.45, 7) is 5.54. The molecule has 0 aliphatic rings. The molecule has 0 saturated carbocycles. The summed E-state index contributed by atoms with van der Waals surface area (Å²) in [5.74, 6) is 1.19. The van der Waals surface area contributed by atoms with E-state index in [0.29, 0.717) is 5.82 Å². The average molecular weight is 303 g/mol. The zero-order chi connectivity index (χ0) is 16.3. The fraction of sp³-hybridized carbons (Fsp3) is 0.375. The van der Waals surface area contributed by atoms with Gasteiger partial charge in [0.25, 0.3) is 5.56 Å². The largest absolute Gasteiger partial charge is 0.497 e. The highest BCUT2D eigenvalue weighted by molar-refractivity contribution is 5.38. The van der Waals surface area contributed by atoms with Crippen LogP contribution < -0.4 is 21.3 Å². The second-order valence-electron chi connectivity index (χ2n) is 5.43. The highest BCUT2D eigenvalue weighted by Crippen LogP contribution is 2.19. The lowest BCUT2D eigenvalue weighted by Gasteiger charge is -2.16. The van der Waals surface area contributed by atoms with Crippen molar-refractivity contribution in [2.75, 3.05) is 12.4 Å². The number of nitrogens with one attached hydrogen (secondary N) is 2. The van der Waals surface area contributed by atoms with Gasteiger partial charge in [0.2, 0.25) is 0 Å². The Morgan fingerprint density at radius 2 is 1.77 bits per heavy atom. The van der Waals surface area contributed by atoms with Crippen LogP contribution in [0.5, 0.6) is 5.75 Å². The van der Waals surface area contributed by atoms with Crippen molar-refractivity contribution in [3.8, 4) is 5.75 Å². The van der Waals surface area contributed by atoms with Crippen LogP contribution in [0, 0.1) is 0 Å². The second kappa shape index (κ2) is 6.51.